The Morgan fingerprint density at radius 1 is 1.36 bits per heavy atom. The maximum atomic E-state index is 10.8. The van der Waals surface area contributed by atoms with Gasteiger partial charge >= 0.3 is 0 Å². The van der Waals surface area contributed by atoms with Gasteiger partial charge in [-0.15, -0.1) is 0 Å². The fourth-order valence-corrected chi connectivity index (χ4v) is 2.84. The van der Waals surface area contributed by atoms with Crippen molar-refractivity contribution in [1.29, 1.82) is 0 Å². The topological polar surface area (TPSA) is 76.7 Å². The van der Waals surface area contributed by atoms with E-state index in [1.165, 1.54) is 0 Å². The lowest BCUT2D eigenvalue weighted by atomic mass is 9.83. The SMILES string of the molecule is CCCNC1c2cc(N)c(OCC)cc2OC(C)(CC)C1O. The second-order valence-corrected chi connectivity index (χ2v) is 6.01. The van der Waals surface area contributed by atoms with Crippen LogP contribution in [0.15, 0.2) is 12.1 Å². The molecular weight excluding hydrogens is 280 g/mol. The number of rotatable bonds is 6. The molecule has 0 saturated heterocycles. The Morgan fingerprint density at radius 3 is 2.68 bits per heavy atom. The molecule has 0 amide bonds. The molecule has 0 radical (unpaired) electrons. The summed E-state index contributed by atoms with van der Waals surface area (Å²) in [6.07, 6.45) is 1.08. The Labute approximate surface area is 132 Å². The van der Waals surface area contributed by atoms with Crippen molar-refractivity contribution in [2.24, 2.45) is 0 Å². The molecule has 0 spiro atoms. The van der Waals surface area contributed by atoms with E-state index in [1.807, 2.05) is 32.9 Å². The normalized spacial score (nSPS) is 27.1. The van der Waals surface area contributed by atoms with Crippen LogP contribution in [0.25, 0.3) is 0 Å². The highest BCUT2D eigenvalue weighted by atomic mass is 16.5. The molecule has 0 fully saturated rings. The van der Waals surface area contributed by atoms with Crippen molar-refractivity contribution in [3.05, 3.63) is 17.7 Å². The Balaban J connectivity index is 2.46. The molecule has 1 aromatic rings. The lowest BCUT2D eigenvalue weighted by Gasteiger charge is -2.44. The van der Waals surface area contributed by atoms with Gasteiger partial charge in [-0.1, -0.05) is 13.8 Å². The van der Waals surface area contributed by atoms with Crippen molar-refractivity contribution in [1.82, 2.24) is 5.32 Å². The van der Waals surface area contributed by atoms with Gasteiger partial charge in [0.15, 0.2) is 0 Å². The van der Waals surface area contributed by atoms with Crippen molar-refractivity contribution >= 4 is 5.69 Å². The van der Waals surface area contributed by atoms with E-state index < -0.39 is 11.7 Å². The number of nitrogens with one attached hydrogen (secondary N) is 1. The lowest BCUT2D eigenvalue weighted by molar-refractivity contribution is -0.0782. The average molecular weight is 308 g/mol. The van der Waals surface area contributed by atoms with Crippen LogP contribution in [0, 0.1) is 0 Å². The number of aliphatic hydroxyl groups excluding tert-OH is 1. The van der Waals surface area contributed by atoms with Gasteiger partial charge in [0, 0.05) is 11.6 Å². The number of benzene rings is 1. The Bertz CT molecular complexity index is 521. The van der Waals surface area contributed by atoms with Crippen LogP contribution in [0.1, 0.15) is 52.1 Å². The highest BCUT2D eigenvalue weighted by Crippen LogP contribution is 2.44. The predicted molar refractivity (Wildman–Crippen MR) is 88.4 cm³/mol. The number of aliphatic hydroxyl groups is 1. The monoisotopic (exact) mass is 308 g/mol. The molecule has 1 aliphatic heterocycles. The third-order valence-electron chi connectivity index (χ3n) is 4.38. The summed E-state index contributed by atoms with van der Waals surface area (Å²) in [5, 5.41) is 14.2. The molecule has 3 unspecified atom stereocenters. The van der Waals surface area contributed by atoms with E-state index in [9.17, 15) is 5.11 Å². The van der Waals surface area contributed by atoms with Crippen molar-refractivity contribution < 1.29 is 14.6 Å². The molecule has 0 aliphatic carbocycles. The van der Waals surface area contributed by atoms with E-state index in [0.29, 0.717) is 24.5 Å². The van der Waals surface area contributed by atoms with Gasteiger partial charge < -0.3 is 25.6 Å². The number of fused-ring (bicyclic) bond motifs is 1. The zero-order valence-electron chi connectivity index (χ0n) is 14.0. The number of hydrogen-bond donors (Lipinski definition) is 3. The third-order valence-corrected chi connectivity index (χ3v) is 4.38. The van der Waals surface area contributed by atoms with Crippen LogP contribution >= 0.6 is 0 Å². The summed E-state index contributed by atoms with van der Waals surface area (Å²) in [4.78, 5) is 0. The van der Waals surface area contributed by atoms with Gasteiger partial charge in [-0.25, -0.2) is 0 Å². The van der Waals surface area contributed by atoms with E-state index in [2.05, 4.69) is 12.2 Å². The Kier molecular flexibility index (Phi) is 5.19. The van der Waals surface area contributed by atoms with E-state index in [1.54, 1.807) is 0 Å². The molecule has 3 atom stereocenters. The Morgan fingerprint density at radius 2 is 2.09 bits per heavy atom. The smallest absolute Gasteiger partial charge is 0.145 e. The zero-order valence-corrected chi connectivity index (χ0v) is 14.0. The van der Waals surface area contributed by atoms with E-state index in [-0.39, 0.29) is 6.04 Å². The first kappa shape index (κ1) is 16.9. The minimum absolute atomic E-state index is 0.188. The summed E-state index contributed by atoms with van der Waals surface area (Å²) < 4.78 is 11.7. The molecule has 5 heteroatoms. The van der Waals surface area contributed by atoms with E-state index >= 15 is 0 Å². The maximum absolute atomic E-state index is 10.8. The standard InChI is InChI=1S/C17H28N2O3/c1-5-8-19-15-11-9-12(18)14(21-7-3)10-13(11)22-17(4,6-2)16(15)20/h9-10,15-16,19-20H,5-8,18H2,1-4H3. The predicted octanol–water partition coefficient (Wildman–Crippen LogP) is 2.63. The van der Waals surface area contributed by atoms with Crippen LogP contribution in [-0.4, -0.2) is 30.0 Å². The van der Waals surface area contributed by atoms with Crippen molar-refractivity contribution in [3.8, 4) is 11.5 Å². The van der Waals surface area contributed by atoms with Crippen LogP contribution < -0.4 is 20.5 Å². The van der Waals surface area contributed by atoms with Gasteiger partial charge in [-0.05, 0) is 39.3 Å². The average Bonchev–Trinajstić information content (AvgIpc) is 2.50. The van der Waals surface area contributed by atoms with Gasteiger partial charge in [0.25, 0.3) is 0 Å². The number of hydrogen-bond acceptors (Lipinski definition) is 5. The summed E-state index contributed by atoms with van der Waals surface area (Å²) in [7, 11) is 0. The molecule has 0 saturated carbocycles. The first-order chi connectivity index (χ1) is 10.5. The number of nitrogen functional groups attached to an aromatic ring is 1. The van der Waals surface area contributed by atoms with Gasteiger partial charge in [0.1, 0.15) is 23.2 Å². The summed E-state index contributed by atoms with van der Waals surface area (Å²) in [6.45, 7) is 9.36. The zero-order chi connectivity index (χ0) is 16.3. The molecule has 4 N–H and O–H groups in total. The minimum Gasteiger partial charge on any atom is -0.492 e. The molecule has 1 heterocycles. The fraction of sp³-hybridized carbons (Fsp3) is 0.647. The summed E-state index contributed by atoms with van der Waals surface area (Å²) in [5.41, 5.74) is 6.92. The largest absolute Gasteiger partial charge is 0.492 e. The van der Waals surface area contributed by atoms with Crippen molar-refractivity contribution in [3.63, 3.8) is 0 Å². The highest BCUT2D eigenvalue weighted by Gasteiger charge is 2.45. The summed E-state index contributed by atoms with van der Waals surface area (Å²) in [6, 6.07) is 3.51. The molecular formula is C17H28N2O3. The number of anilines is 1. The van der Waals surface area contributed by atoms with Crippen LogP contribution in [0.3, 0.4) is 0 Å². The molecule has 0 aromatic heterocycles. The number of ether oxygens (including phenoxy) is 2. The van der Waals surface area contributed by atoms with Gasteiger partial charge in [0.05, 0.1) is 18.3 Å². The molecule has 1 aromatic carbocycles. The molecule has 22 heavy (non-hydrogen) atoms. The summed E-state index contributed by atoms with van der Waals surface area (Å²) >= 11 is 0. The Hall–Kier alpha value is -1.46. The van der Waals surface area contributed by atoms with E-state index in [0.717, 1.165) is 24.3 Å². The van der Waals surface area contributed by atoms with Gasteiger partial charge in [-0.3, -0.25) is 0 Å². The van der Waals surface area contributed by atoms with Gasteiger partial charge in [-0.2, -0.15) is 0 Å². The van der Waals surface area contributed by atoms with Crippen LogP contribution in [0.4, 0.5) is 5.69 Å². The quantitative estimate of drug-likeness (QED) is 0.704. The molecule has 2 rings (SSSR count). The highest BCUT2D eigenvalue weighted by molar-refractivity contribution is 5.61. The maximum Gasteiger partial charge on any atom is 0.145 e. The molecule has 5 nitrogen and oxygen atoms in total. The third kappa shape index (κ3) is 3.01. The first-order valence-electron chi connectivity index (χ1n) is 8.13. The van der Waals surface area contributed by atoms with E-state index in [4.69, 9.17) is 15.2 Å². The van der Waals surface area contributed by atoms with Crippen LogP contribution in [-0.2, 0) is 0 Å². The second kappa shape index (κ2) is 6.75. The summed E-state index contributed by atoms with van der Waals surface area (Å²) in [5.74, 6) is 1.37. The second-order valence-electron chi connectivity index (χ2n) is 6.01. The number of nitrogens with two attached hydrogens (primary N) is 1. The molecule has 0 bridgehead atoms. The van der Waals surface area contributed by atoms with Crippen molar-refractivity contribution in [2.45, 2.75) is 58.3 Å². The van der Waals surface area contributed by atoms with Gasteiger partial charge in [0.2, 0.25) is 0 Å². The molecule has 1 aliphatic rings. The molecule has 124 valence electrons. The fourth-order valence-electron chi connectivity index (χ4n) is 2.84. The van der Waals surface area contributed by atoms with Crippen LogP contribution in [0.2, 0.25) is 0 Å². The van der Waals surface area contributed by atoms with Crippen molar-refractivity contribution in [2.75, 3.05) is 18.9 Å². The first-order valence-corrected chi connectivity index (χ1v) is 8.13. The lowest BCUT2D eigenvalue weighted by Crippen LogP contribution is -2.54. The minimum atomic E-state index is -0.631. The van der Waals surface area contributed by atoms with Crippen LogP contribution in [0.5, 0.6) is 11.5 Å².